The molecule has 0 unspecified atom stereocenters. The van der Waals surface area contributed by atoms with Crippen molar-refractivity contribution in [2.75, 3.05) is 0 Å². The van der Waals surface area contributed by atoms with Crippen LogP contribution in [-0.2, 0) is 0 Å². The highest BCUT2D eigenvalue weighted by Gasteiger charge is 2.29. The molecule has 0 spiro atoms. The van der Waals surface area contributed by atoms with E-state index in [0.717, 1.165) is 0 Å². The van der Waals surface area contributed by atoms with Crippen LogP contribution >= 0.6 is 0 Å². The lowest BCUT2D eigenvalue weighted by Crippen LogP contribution is -2.21. The van der Waals surface area contributed by atoms with Crippen LogP contribution in [0.1, 0.15) is 16.2 Å². The van der Waals surface area contributed by atoms with Gasteiger partial charge in [0.2, 0.25) is 11.7 Å². The molecule has 4 aromatic rings. The number of pyridine rings is 1. The maximum absolute atomic E-state index is 13.4. The van der Waals surface area contributed by atoms with E-state index >= 15 is 0 Å². The van der Waals surface area contributed by atoms with Crippen LogP contribution < -0.4 is 5.56 Å². The fourth-order valence-corrected chi connectivity index (χ4v) is 3.30. The third-order valence-electron chi connectivity index (χ3n) is 4.52. The summed E-state index contributed by atoms with van der Waals surface area (Å²) in [5, 5.41) is 0.368. The molecule has 26 heavy (non-hydrogen) atoms. The van der Waals surface area contributed by atoms with Crippen LogP contribution in [0.3, 0.4) is 0 Å². The predicted molar refractivity (Wildman–Crippen MR) is 94.0 cm³/mol. The average molecular weight is 343 g/mol. The number of para-hydroxylation sites is 1. The number of hydrogen-bond acceptors (Lipinski definition) is 4. The maximum Gasteiger partial charge on any atom is 0.266 e. The number of benzene rings is 2. The summed E-state index contributed by atoms with van der Waals surface area (Å²) in [4.78, 5) is 33.5. The molecule has 0 saturated carbocycles. The van der Waals surface area contributed by atoms with Crippen LogP contribution in [0.5, 0.6) is 0 Å². The predicted octanol–water partition coefficient (Wildman–Crippen LogP) is 3.13. The lowest BCUT2D eigenvalue weighted by molar-refractivity contribution is 0.103. The first-order chi connectivity index (χ1) is 12.6. The van der Waals surface area contributed by atoms with Crippen molar-refractivity contribution >= 4 is 16.7 Å². The van der Waals surface area contributed by atoms with Gasteiger partial charge in [0.05, 0.1) is 22.2 Å². The lowest BCUT2D eigenvalue weighted by Gasteiger charge is -2.07. The van der Waals surface area contributed by atoms with E-state index in [9.17, 15) is 14.0 Å². The maximum atomic E-state index is 13.4. The summed E-state index contributed by atoms with van der Waals surface area (Å²) in [7, 11) is 0. The van der Waals surface area contributed by atoms with E-state index in [4.69, 9.17) is 0 Å². The van der Waals surface area contributed by atoms with Gasteiger partial charge in [-0.25, -0.2) is 9.97 Å². The Morgan fingerprint density at radius 3 is 2.58 bits per heavy atom. The summed E-state index contributed by atoms with van der Waals surface area (Å²) in [6.07, 6.45) is 1.37. The fraction of sp³-hybridized carbons (Fsp3) is 0. The molecule has 2 aromatic heterocycles. The highest BCUT2D eigenvalue weighted by atomic mass is 19.1. The monoisotopic (exact) mass is 343 g/mol. The van der Waals surface area contributed by atoms with Crippen molar-refractivity contribution in [2.45, 2.75) is 0 Å². The van der Waals surface area contributed by atoms with Crippen LogP contribution in [0.4, 0.5) is 4.39 Å². The molecule has 0 bridgehead atoms. The van der Waals surface area contributed by atoms with Gasteiger partial charge in [0.15, 0.2) is 5.82 Å². The van der Waals surface area contributed by atoms with Gasteiger partial charge in [-0.15, -0.1) is 0 Å². The zero-order valence-electron chi connectivity index (χ0n) is 13.3. The molecule has 124 valence electrons. The molecular weight excluding hydrogens is 333 g/mol. The lowest BCUT2D eigenvalue weighted by atomic mass is 10.0. The summed E-state index contributed by atoms with van der Waals surface area (Å²) >= 11 is 0. The molecule has 0 saturated heterocycles. The number of aromatic nitrogens is 3. The Morgan fingerprint density at radius 1 is 0.923 bits per heavy atom. The van der Waals surface area contributed by atoms with E-state index in [1.807, 2.05) is 0 Å². The SMILES string of the molecule is O=C1c2ccccc2-n2c1nc1ccc(-c3ccnc(F)c3)cc1c2=O. The molecule has 5 rings (SSSR count). The largest absolute Gasteiger partial charge is 0.285 e. The van der Waals surface area contributed by atoms with Gasteiger partial charge < -0.3 is 0 Å². The Bertz CT molecular complexity index is 1290. The molecule has 6 heteroatoms. The molecular formula is C20H10FN3O2. The summed E-state index contributed by atoms with van der Waals surface area (Å²) in [5.41, 5.74) is 2.40. The number of halogens is 1. The Hall–Kier alpha value is -3.67. The van der Waals surface area contributed by atoms with E-state index in [1.165, 1.54) is 16.8 Å². The van der Waals surface area contributed by atoms with E-state index in [0.29, 0.717) is 33.3 Å². The highest BCUT2D eigenvalue weighted by molar-refractivity contribution is 6.13. The Kier molecular flexibility index (Phi) is 2.91. The summed E-state index contributed by atoms with van der Waals surface area (Å²) < 4.78 is 14.8. The minimum absolute atomic E-state index is 0.117. The van der Waals surface area contributed by atoms with Crippen molar-refractivity contribution < 1.29 is 9.18 Å². The van der Waals surface area contributed by atoms with Gasteiger partial charge in [0.1, 0.15) is 0 Å². The molecule has 2 aromatic carbocycles. The first kappa shape index (κ1) is 14.7. The summed E-state index contributed by atoms with van der Waals surface area (Å²) in [6, 6.07) is 15.0. The van der Waals surface area contributed by atoms with Gasteiger partial charge in [-0.3, -0.25) is 14.2 Å². The third kappa shape index (κ3) is 1.96. The second-order valence-electron chi connectivity index (χ2n) is 6.02. The molecule has 1 aliphatic rings. The van der Waals surface area contributed by atoms with Crippen molar-refractivity contribution in [3.63, 3.8) is 0 Å². The van der Waals surface area contributed by atoms with Crippen LogP contribution in [-0.4, -0.2) is 20.3 Å². The molecule has 5 nitrogen and oxygen atoms in total. The number of hydrogen-bond donors (Lipinski definition) is 0. The molecule has 0 radical (unpaired) electrons. The first-order valence-electron chi connectivity index (χ1n) is 7.96. The quantitative estimate of drug-likeness (QED) is 0.439. The van der Waals surface area contributed by atoms with Gasteiger partial charge in [0.25, 0.3) is 5.56 Å². The zero-order chi connectivity index (χ0) is 17.8. The standard InChI is InChI=1S/C20H10FN3O2/c21-17-10-12(7-8-22-17)11-5-6-15-14(9-11)20(26)24-16-4-2-1-3-13(16)18(25)19(24)23-15/h1-10H. The first-order valence-corrected chi connectivity index (χ1v) is 7.96. The third-order valence-corrected chi connectivity index (χ3v) is 4.52. The van der Waals surface area contributed by atoms with Crippen LogP contribution in [0.2, 0.25) is 0 Å². The average Bonchev–Trinajstić information content (AvgIpc) is 2.95. The second kappa shape index (κ2) is 5.16. The van der Waals surface area contributed by atoms with Crippen molar-refractivity contribution in [1.29, 1.82) is 0 Å². The highest BCUT2D eigenvalue weighted by Crippen LogP contribution is 2.27. The van der Waals surface area contributed by atoms with Gasteiger partial charge in [-0.05, 0) is 41.5 Å². The van der Waals surface area contributed by atoms with Crippen molar-refractivity contribution in [2.24, 2.45) is 0 Å². The van der Waals surface area contributed by atoms with E-state index < -0.39 is 5.95 Å². The van der Waals surface area contributed by atoms with Gasteiger partial charge in [-0.2, -0.15) is 4.39 Å². The van der Waals surface area contributed by atoms with Crippen LogP contribution in [0, 0.1) is 5.95 Å². The Balaban J connectivity index is 1.81. The van der Waals surface area contributed by atoms with Gasteiger partial charge >= 0.3 is 0 Å². The van der Waals surface area contributed by atoms with Crippen molar-refractivity contribution in [3.05, 3.63) is 88.5 Å². The second-order valence-corrected chi connectivity index (χ2v) is 6.02. The van der Waals surface area contributed by atoms with Gasteiger partial charge in [0, 0.05) is 12.3 Å². The molecule has 0 aliphatic carbocycles. The molecule has 0 N–H and O–H groups in total. The Morgan fingerprint density at radius 2 is 1.73 bits per heavy atom. The Labute approximate surface area is 146 Å². The molecule has 0 fully saturated rings. The number of nitrogens with zero attached hydrogens (tertiary/aromatic N) is 3. The van der Waals surface area contributed by atoms with Crippen LogP contribution in [0.15, 0.2) is 65.6 Å². The van der Waals surface area contributed by atoms with Gasteiger partial charge in [-0.1, -0.05) is 18.2 Å². The number of rotatable bonds is 1. The van der Waals surface area contributed by atoms with Crippen molar-refractivity contribution in [3.8, 4) is 16.8 Å². The molecule has 0 atom stereocenters. The van der Waals surface area contributed by atoms with E-state index in [-0.39, 0.29) is 17.2 Å². The molecule has 3 heterocycles. The topological polar surface area (TPSA) is 64.8 Å². The number of carbonyl (C=O) groups is 1. The molecule has 0 amide bonds. The number of carbonyl (C=O) groups excluding carboxylic acids is 1. The molecule has 1 aliphatic heterocycles. The fourth-order valence-electron chi connectivity index (χ4n) is 3.30. The van der Waals surface area contributed by atoms with Crippen LogP contribution in [0.25, 0.3) is 27.7 Å². The van der Waals surface area contributed by atoms with E-state index in [1.54, 1.807) is 48.5 Å². The number of ketones is 1. The summed E-state index contributed by atoms with van der Waals surface area (Å²) in [5.74, 6) is -0.739. The minimum atomic E-state index is -0.592. The smallest absolute Gasteiger partial charge is 0.266 e. The number of fused-ring (bicyclic) bond motifs is 4. The summed E-state index contributed by atoms with van der Waals surface area (Å²) in [6.45, 7) is 0. The minimum Gasteiger partial charge on any atom is -0.285 e. The normalized spacial score (nSPS) is 12.3. The van der Waals surface area contributed by atoms with E-state index in [2.05, 4.69) is 9.97 Å². The van der Waals surface area contributed by atoms with Crippen molar-refractivity contribution in [1.82, 2.24) is 14.5 Å². The zero-order valence-corrected chi connectivity index (χ0v) is 13.3.